The van der Waals surface area contributed by atoms with Gasteiger partial charge >= 0.3 is 12.2 Å². The van der Waals surface area contributed by atoms with Crippen molar-refractivity contribution in [3.63, 3.8) is 0 Å². The first kappa shape index (κ1) is 32.9. The molecule has 0 spiro atoms. The third-order valence-electron chi connectivity index (χ3n) is 11.1. The van der Waals surface area contributed by atoms with E-state index in [1.807, 2.05) is 0 Å². The van der Waals surface area contributed by atoms with Gasteiger partial charge in [0.05, 0.1) is 22.2 Å². The number of ether oxygens (including phenoxy) is 1. The Morgan fingerprint density at radius 3 is 2.76 bits per heavy atom. The summed E-state index contributed by atoms with van der Waals surface area (Å²) in [5.41, 5.74) is -0.149. The van der Waals surface area contributed by atoms with Crippen molar-refractivity contribution >= 4 is 27.5 Å². The fourth-order valence-corrected chi connectivity index (χ4v) is 8.86. The van der Waals surface area contributed by atoms with E-state index in [-0.39, 0.29) is 58.2 Å². The molecule has 13 heteroatoms. The monoisotopic (exact) mass is 692 g/mol. The van der Waals surface area contributed by atoms with Gasteiger partial charge in [0.15, 0.2) is 5.82 Å². The topological polar surface area (TPSA) is 86.6 Å². The Balaban J connectivity index is 1.28. The van der Waals surface area contributed by atoms with Crippen molar-refractivity contribution in [2.45, 2.75) is 75.7 Å². The Morgan fingerprint density at radius 2 is 1.98 bits per heavy atom. The number of nitrogens with zero attached hydrogens (tertiary/aromatic N) is 5. The highest BCUT2D eigenvalue weighted by atomic mass is 19.4. The van der Waals surface area contributed by atoms with Gasteiger partial charge in [0.2, 0.25) is 0 Å². The molecular formula is C37H37F5N6O2. The van der Waals surface area contributed by atoms with Gasteiger partial charge in [0.25, 0.3) is 0 Å². The van der Waals surface area contributed by atoms with E-state index >= 15 is 4.39 Å². The summed E-state index contributed by atoms with van der Waals surface area (Å²) >= 11 is 0. The molecule has 2 aromatic heterocycles. The van der Waals surface area contributed by atoms with E-state index in [0.717, 1.165) is 12.8 Å². The van der Waals surface area contributed by atoms with Crippen LogP contribution in [0.25, 0.3) is 32.9 Å². The summed E-state index contributed by atoms with van der Waals surface area (Å²) in [4.78, 5) is 18.6. The molecule has 0 bridgehead atoms. The lowest BCUT2D eigenvalue weighted by Gasteiger charge is -2.40. The first-order chi connectivity index (χ1) is 24.0. The molecule has 0 unspecified atom stereocenters. The van der Waals surface area contributed by atoms with E-state index in [9.17, 15) is 22.7 Å². The SMILES string of the molecule is C#Cc1c(F)ccc2cc(O)cc(-c3nc4c5c(nc(OC[C@@]67CCCN6C[C@@H](CC(F)(F)F)C7)nc5c3F)N3C[C@@H](CC)NC[C@H]3CC4)c12. The predicted molar refractivity (Wildman–Crippen MR) is 179 cm³/mol. The molecule has 8 nitrogen and oxygen atoms in total. The lowest BCUT2D eigenvalue weighted by molar-refractivity contribution is -0.143. The van der Waals surface area contributed by atoms with Crippen LogP contribution in [0.1, 0.15) is 56.7 Å². The minimum Gasteiger partial charge on any atom is -0.508 e. The number of fused-ring (bicyclic) bond motifs is 4. The van der Waals surface area contributed by atoms with E-state index in [4.69, 9.17) is 21.1 Å². The summed E-state index contributed by atoms with van der Waals surface area (Å²) in [5, 5.41) is 15.4. The molecule has 0 amide bonds. The van der Waals surface area contributed by atoms with Crippen LogP contribution in [0.2, 0.25) is 0 Å². The third kappa shape index (κ3) is 5.57. The highest BCUT2D eigenvalue weighted by molar-refractivity contribution is 6.03. The molecule has 3 saturated heterocycles. The number of pyridine rings is 1. The third-order valence-corrected chi connectivity index (χ3v) is 11.1. The zero-order chi connectivity index (χ0) is 34.9. The van der Waals surface area contributed by atoms with Crippen molar-refractivity contribution in [1.29, 1.82) is 0 Å². The van der Waals surface area contributed by atoms with Crippen LogP contribution in [0.4, 0.5) is 27.8 Å². The van der Waals surface area contributed by atoms with Crippen LogP contribution >= 0.6 is 0 Å². The maximum atomic E-state index is 17.1. The maximum absolute atomic E-state index is 17.1. The minimum absolute atomic E-state index is 0.0232. The van der Waals surface area contributed by atoms with Crippen LogP contribution in [0, 0.1) is 29.9 Å². The van der Waals surface area contributed by atoms with Gasteiger partial charge in [0, 0.05) is 49.1 Å². The molecule has 262 valence electrons. The molecule has 0 radical (unpaired) electrons. The Hall–Kier alpha value is -4.28. The molecule has 4 aromatic rings. The highest BCUT2D eigenvalue weighted by Crippen LogP contribution is 2.46. The smallest absolute Gasteiger partial charge is 0.389 e. The zero-order valence-corrected chi connectivity index (χ0v) is 27.6. The van der Waals surface area contributed by atoms with Crippen LogP contribution in [0.5, 0.6) is 11.8 Å². The Labute approximate surface area is 286 Å². The summed E-state index contributed by atoms with van der Waals surface area (Å²) in [7, 11) is 0. The number of phenols is 1. The highest BCUT2D eigenvalue weighted by Gasteiger charge is 2.51. The summed E-state index contributed by atoms with van der Waals surface area (Å²) in [6.45, 7) is 4.50. The van der Waals surface area contributed by atoms with Crippen molar-refractivity contribution in [1.82, 2.24) is 25.2 Å². The van der Waals surface area contributed by atoms with Crippen molar-refractivity contribution < 1.29 is 31.8 Å². The van der Waals surface area contributed by atoms with Gasteiger partial charge in [0.1, 0.15) is 35.2 Å². The number of rotatable bonds is 6. The summed E-state index contributed by atoms with van der Waals surface area (Å²) in [5.74, 6) is 0.715. The fourth-order valence-electron chi connectivity index (χ4n) is 8.86. The number of terminal acetylenes is 1. The molecule has 4 atom stereocenters. The maximum Gasteiger partial charge on any atom is 0.389 e. The number of hydrogen-bond acceptors (Lipinski definition) is 8. The van der Waals surface area contributed by atoms with E-state index in [2.05, 4.69) is 32.9 Å². The van der Waals surface area contributed by atoms with Crippen LogP contribution < -0.4 is 15.0 Å². The number of aryl methyl sites for hydroxylation is 1. The molecular weight excluding hydrogens is 655 g/mol. The molecule has 0 aliphatic carbocycles. The quantitative estimate of drug-likeness (QED) is 0.175. The second kappa shape index (κ2) is 12.2. The van der Waals surface area contributed by atoms with Gasteiger partial charge in [-0.2, -0.15) is 23.1 Å². The van der Waals surface area contributed by atoms with Crippen molar-refractivity contribution in [2.75, 3.05) is 37.7 Å². The largest absolute Gasteiger partial charge is 0.508 e. The molecule has 2 aromatic carbocycles. The van der Waals surface area contributed by atoms with Crippen molar-refractivity contribution in [3.05, 3.63) is 47.2 Å². The Kier molecular flexibility index (Phi) is 8.02. The minimum atomic E-state index is -4.25. The summed E-state index contributed by atoms with van der Waals surface area (Å²) in [6, 6.07) is 5.56. The van der Waals surface area contributed by atoms with Crippen molar-refractivity contribution in [3.8, 4) is 35.4 Å². The number of aromatic hydroxyl groups is 1. The number of nitrogens with one attached hydrogen (secondary N) is 1. The number of benzene rings is 2. The fraction of sp³-hybridized carbons (Fsp3) is 0.486. The predicted octanol–water partition coefficient (Wildman–Crippen LogP) is 6.50. The average molecular weight is 693 g/mol. The molecule has 50 heavy (non-hydrogen) atoms. The summed E-state index contributed by atoms with van der Waals surface area (Å²) < 4.78 is 78.5. The van der Waals surface area contributed by atoms with E-state index in [1.165, 1.54) is 24.3 Å². The molecule has 0 saturated carbocycles. The molecule has 2 N–H and O–H groups in total. The van der Waals surface area contributed by atoms with Gasteiger partial charge in [-0.1, -0.05) is 18.9 Å². The normalized spacial score (nSPS) is 25.1. The zero-order valence-electron chi connectivity index (χ0n) is 27.6. The standard InChI is InChI=1S/C37H37F5N6O2/c1-3-22-18-48-23(16-43-22)7-9-28-30-33(31(39)32(44-28)26-13-24(49)12-21-6-8-27(38)25(4-2)29(21)26)45-35(46-34(30)48)50-19-36-10-5-11-47(36)17-20(14-36)15-37(40,41)42/h2,6,8,12-13,20,22-23,43,49H,3,5,7,9-11,14-19H2,1H3/t20-,22-,23-,36+/m1/s1. The van der Waals surface area contributed by atoms with E-state index in [1.54, 1.807) is 0 Å². The van der Waals surface area contributed by atoms with Gasteiger partial charge in [-0.05, 0) is 74.6 Å². The van der Waals surface area contributed by atoms with Gasteiger partial charge in [-0.25, -0.2) is 13.8 Å². The lowest BCUT2D eigenvalue weighted by atomic mass is 9.89. The van der Waals surface area contributed by atoms with Gasteiger partial charge < -0.3 is 20.1 Å². The van der Waals surface area contributed by atoms with Gasteiger partial charge in [-0.15, -0.1) is 6.42 Å². The molecule has 4 aliphatic heterocycles. The molecule has 4 aliphatic rings. The average Bonchev–Trinajstić information content (AvgIpc) is 3.57. The molecule has 3 fully saturated rings. The Bertz CT molecular complexity index is 2050. The second-order valence-corrected chi connectivity index (χ2v) is 14.2. The molecule has 8 rings (SSSR count). The molecule has 6 heterocycles. The lowest BCUT2D eigenvalue weighted by Crippen LogP contribution is -2.56. The van der Waals surface area contributed by atoms with Gasteiger partial charge in [-0.3, -0.25) is 4.90 Å². The van der Waals surface area contributed by atoms with Crippen LogP contribution in [0.3, 0.4) is 0 Å². The first-order valence-electron chi connectivity index (χ1n) is 17.2. The number of piperazine rings is 1. The number of hydrogen-bond donors (Lipinski definition) is 2. The number of alkyl halides is 3. The summed E-state index contributed by atoms with van der Waals surface area (Å²) in [6.07, 6.45) is 4.55. The Morgan fingerprint density at radius 1 is 1.14 bits per heavy atom. The van der Waals surface area contributed by atoms with E-state index in [0.29, 0.717) is 74.1 Å². The first-order valence-corrected chi connectivity index (χ1v) is 17.2. The van der Waals surface area contributed by atoms with Crippen LogP contribution in [-0.4, -0.2) is 81.5 Å². The number of halogens is 5. The number of anilines is 1. The van der Waals surface area contributed by atoms with E-state index < -0.39 is 35.7 Å². The van der Waals surface area contributed by atoms with Crippen LogP contribution in [0.15, 0.2) is 24.3 Å². The van der Waals surface area contributed by atoms with Crippen LogP contribution in [-0.2, 0) is 6.42 Å². The second-order valence-electron chi connectivity index (χ2n) is 14.2. The van der Waals surface area contributed by atoms with Crippen molar-refractivity contribution in [2.24, 2.45) is 5.92 Å². The number of phenolic OH excluding ortho intramolecular Hbond substituents is 1. The number of aromatic nitrogens is 3.